The van der Waals surface area contributed by atoms with E-state index in [2.05, 4.69) is 25.2 Å². The standard InChI is InChI=1S/C21H23NO3/c1-13-9-18-16(12-25-20(18)10-14(13)2)11-21(23)22-15(3)17-7-5-6-8-19(17)24-4/h5-10,12,15H,11H2,1-4H3,(H,22,23). The number of carbonyl (C=O) groups excluding carboxylic acids is 1. The van der Waals surface area contributed by atoms with Crippen molar-refractivity contribution in [3.63, 3.8) is 0 Å². The molecular formula is C21H23NO3. The molecule has 0 radical (unpaired) electrons. The number of hydrogen-bond donors (Lipinski definition) is 1. The summed E-state index contributed by atoms with van der Waals surface area (Å²) in [6.45, 7) is 6.07. The lowest BCUT2D eigenvalue weighted by atomic mass is 10.0. The van der Waals surface area contributed by atoms with Gasteiger partial charge in [-0.05, 0) is 50.1 Å². The molecule has 1 heterocycles. The molecule has 0 aliphatic carbocycles. The molecule has 4 nitrogen and oxygen atoms in total. The second-order valence-corrected chi connectivity index (χ2v) is 6.40. The molecule has 0 saturated carbocycles. The fourth-order valence-electron chi connectivity index (χ4n) is 3.04. The average molecular weight is 337 g/mol. The first-order valence-electron chi connectivity index (χ1n) is 8.39. The van der Waals surface area contributed by atoms with Crippen molar-refractivity contribution in [1.82, 2.24) is 5.32 Å². The first-order chi connectivity index (χ1) is 12.0. The van der Waals surface area contributed by atoms with Gasteiger partial charge in [-0.1, -0.05) is 18.2 Å². The molecule has 4 heteroatoms. The van der Waals surface area contributed by atoms with E-state index in [1.165, 1.54) is 11.1 Å². The van der Waals surface area contributed by atoms with E-state index in [1.54, 1.807) is 13.4 Å². The van der Waals surface area contributed by atoms with Crippen LogP contribution in [0.3, 0.4) is 0 Å². The summed E-state index contributed by atoms with van der Waals surface area (Å²) in [6, 6.07) is 11.7. The van der Waals surface area contributed by atoms with Gasteiger partial charge in [-0.15, -0.1) is 0 Å². The summed E-state index contributed by atoms with van der Waals surface area (Å²) in [4.78, 5) is 12.5. The van der Waals surface area contributed by atoms with Crippen molar-refractivity contribution in [2.45, 2.75) is 33.2 Å². The topological polar surface area (TPSA) is 51.5 Å². The largest absolute Gasteiger partial charge is 0.496 e. The van der Waals surface area contributed by atoms with Gasteiger partial charge in [0, 0.05) is 16.5 Å². The fourth-order valence-corrected chi connectivity index (χ4v) is 3.04. The lowest BCUT2D eigenvalue weighted by Crippen LogP contribution is -2.28. The predicted octanol–water partition coefficient (Wildman–Crippen LogP) is 4.48. The second kappa shape index (κ2) is 7.01. The Bertz CT molecular complexity index is 911. The Balaban J connectivity index is 1.76. The molecule has 1 atom stereocenters. The summed E-state index contributed by atoms with van der Waals surface area (Å²) < 4.78 is 11.0. The van der Waals surface area contributed by atoms with Crippen LogP contribution in [0.25, 0.3) is 11.0 Å². The normalized spacial score (nSPS) is 12.2. The Morgan fingerprint density at radius 3 is 2.68 bits per heavy atom. The van der Waals surface area contributed by atoms with Crippen LogP contribution in [-0.2, 0) is 11.2 Å². The number of furan rings is 1. The summed E-state index contributed by atoms with van der Waals surface area (Å²) in [5, 5.41) is 4.04. The van der Waals surface area contributed by atoms with Crippen LogP contribution >= 0.6 is 0 Å². The van der Waals surface area contributed by atoms with Crippen molar-refractivity contribution in [3.05, 3.63) is 64.9 Å². The summed E-state index contributed by atoms with van der Waals surface area (Å²) in [5.41, 5.74) is 5.06. The van der Waals surface area contributed by atoms with Gasteiger partial charge >= 0.3 is 0 Å². The van der Waals surface area contributed by atoms with Gasteiger partial charge in [0.25, 0.3) is 0 Å². The predicted molar refractivity (Wildman–Crippen MR) is 98.9 cm³/mol. The number of fused-ring (bicyclic) bond motifs is 1. The lowest BCUT2D eigenvalue weighted by molar-refractivity contribution is -0.121. The Morgan fingerprint density at radius 1 is 1.20 bits per heavy atom. The summed E-state index contributed by atoms with van der Waals surface area (Å²) in [7, 11) is 1.63. The maximum atomic E-state index is 12.5. The van der Waals surface area contributed by atoms with Gasteiger partial charge in [-0.3, -0.25) is 4.79 Å². The summed E-state index contributed by atoms with van der Waals surface area (Å²) in [5.74, 6) is 0.731. The third-order valence-corrected chi connectivity index (χ3v) is 4.60. The second-order valence-electron chi connectivity index (χ2n) is 6.40. The zero-order chi connectivity index (χ0) is 18.0. The average Bonchev–Trinajstić information content (AvgIpc) is 2.96. The van der Waals surface area contributed by atoms with Crippen LogP contribution in [0.1, 0.15) is 35.2 Å². The highest BCUT2D eigenvalue weighted by Crippen LogP contribution is 2.26. The minimum absolute atomic E-state index is 0.0423. The maximum absolute atomic E-state index is 12.5. The molecule has 130 valence electrons. The van der Waals surface area contributed by atoms with Crippen molar-refractivity contribution >= 4 is 16.9 Å². The number of hydrogen-bond acceptors (Lipinski definition) is 3. The molecule has 2 aromatic carbocycles. The summed E-state index contributed by atoms with van der Waals surface area (Å²) >= 11 is 0. The van der Waals surface area contributed by atoms with Gasteiger partial charge in [-0.2, -0.15) is 0 Å². The molecule has 1 unspecified atom stereocenters. The third-order valence-electron chi connectivity index (χ3n) is 4.60. The number of methoxy groups -OCH3 is 1. The quantitative estimate of drug-likeness (QED) is 0.747. The number of ether oxygens (including phenoxy) is 1. The lowest BCUT2D eigenvalue weighted by Gasteiger charge is -2.17. The van der Waals surface area contributed by atoms with Crippen molar-refractivity contribution in [2.75, 3.05) is 7.11 Å². The Morgan fingerprint density at radius 2 is 1.92 bits per heavy atom. The van der Waals surface area contributed by atoms with Gasteiger partial charge in [0.2, 0.25) is 5.91 Å². The molecule has 3 aromatic rings. The van der Waals surface area contributed by atoms with E-state index < -0.39 is 0 Å². The van der Waals surface area contributed by atoms with Gasteiger partial charge in [-0.25, -0.2) is 0 Å². The number of nitrogens with one attached hydrogen (secondary N) is 1. The minimum atomic E-state index is -0.134. The van der Waals surface area contributed by atoms with E-state index in [4.69, 9.17) is 9.15 Å². The maximum Gasteiger partial charge on any atom is 0.225 e. The highest BCUT2D eigenvalue weighted by molar-refractivity contribution is 5.88. The molecular weight excluding hydrogens is 314 g/mol. The Hall–Kier alpha value is -2.75. The molecule has 3 rings (SSSR count). The highest BCUT2D eigenvalue weighted by Gasteiger charge is 2.16. The molecule has 25 heavy (non-hydrogen) atoms. The monoisotopic (exact) mass is 337 g/mol. The van der Waals surface area contributed by atoms with Crippen molar-refractivity contribution in [3.8, 4) is 5.75 Å². The van der Waals surface area contributed by atoms with E-state index >= 15 is 0 Å². The van der Waals surface area contributed by atoms with E-state index in [1.807, 2.05) is 37.3 Å². The van der Waals surface area contributed by atoms with Crippen molar-refractivity contribution in [1.29, 1.82) is 0 Å². The smallest absolute Gasteiger partial charge is 0.225 e. The van der Waals surface area contributed by atoms with Crippen LogP contribution in [0, 0.1) is 13.8 Å². The fraction of sp³-hybridized carbons (Fsp3) is 0.286. The van der Waals surface area contributed by atoms with E-state index in [0.29, 0.717) is 0 Å². The first kappa shape index (κ1) is 17.1. The van der Waals surface area contributed by atoms with Crippen molar-refractivity contribution < 1.29 is 13.9 Å². The van der Waals surface area contributed by atoms with Gasteiger partial charge in [0.1, 0.15) is 11.3 Å². The number of aryl methyl sites for hydroxylation is 2. The van der Waals surface area contributed by atoms with E-state index in [9.17, 15) is 4.79 Å². The van der Waals surface area contributed by atoms with Gasteiger partial charge < -0.3 is 14.5 Å². The molecule has 0 spiro atoms. The molecule has 0 saturated heterocycles. The minimum Gasteiger partial charge on any atom is -0.496 e. The summed E-state index contributed by atoms with van der Waals surface area (Å²) in [6.07, 6.45) is 1.96. The number of para-hydroxylation sites is 1. The van der Waals surface area contributed by atoms with Crippen LogP contribution in [0.4, 0.5) is 0 Å². The van der Waals surface area contributed by atoms with Crippen LogP contribution in [0.5, 0.6) is 5.75 Å². The SMILES string of the molecule is COc1ccccc1C(C)NC(=O)Cc1coc2cc(C)c(C)cc12. The first-order valence-corrected chi connectivity index (χ1v) is 8.39. The highest BCUT2D eigenvalue weighted by atomic mass is 16.5. The third kappa shape index (κ3) is 3.53. The number of rotatable bonds is 5. The van der Waals surface area contributed by atoms with E-state index in [0.717, 1.165) is 27.8 Å². The molecule has 0 bridgehead atoms. The molecule has 1 aromatic heterocycles. The van der Waals surface area contributed by atoms with E-state index in [-0.39, 0.29) is 18.4 Å². The molecule has 0 fully saturated rings. The van der Waals surface area contributed by atoms with Crippen LogP contribution in [-0.4, -0.2) is 13.0 Å². The van der Waals surface area contributed by atoms with Crippen LogP contribution < -0.4 is 10.1 Å². The number of benzene rings is 2. The van der Waals surface area contributed by atoms with Crippen LogP contribution in [0.15, 0.2) is 47.1 Å². The van der Waals surface area contributed by atoms with Crippen molar-refractivity contribution in [2.24, 2.45) is 0 Å². The molecule has 1 amide bonds. The molecule has 1 N–H and O–H groups in total. The molecule has 0 aliphatic heterocycles. The Kier molecular flexibility index (Phi) is 4.79. The van der Waals surface area contributed by atoms with Gasteiger partial charge in [0.15, 0.2) is 0 Å². The zero-order valence-corrected chi connectivity index (χ0v) is 15.1. The van der Waals surface area contributed by atoms with Crippen LogP contribution in [0.2, 0.25) is 0 Å². The molecule has 0 aliphatic rings. The number of carbonyl (C=O) groups is 1. The number of amides is 1. The zero-order valence-electron chi connectivity index (χ0n) is 15.1. The Labute approximate surface area is 147 Å². The van der Waals surface area contributed by atoms with Gasteiger partial charge in [0.05, 0.1) is 25.8 Å².